The summed E-state index contributed by atoms with van der Waals surface area (Å²) in [4.78, 5) is 22.6. The Hall–Kier alpha value is -2.63. The van der Waals surface area contributed by atoms with Crippen molar-refractivity contribution >= 4 is 11.9 Å². The molecule has 1 aromatic carbocycles. The highest BCUT2D eigenvalue weighted by atomic mass is 19.1. The average molecular weight is 319 g/mol. The summed E-state index contributed by atoms with van der Waals surface area (Å²) in [5.41, 5.74) is 0.361. The van der Waals surface area contributed by atoms with E-state index < -0.39 is 12.0 Å². The zero-order valence-electron chi connectivity index (χ0n) is 12.7. The van der Waals surface area contributed by atoms with E-state index in [9.17, 15) is 14.0 Å². The summed E-state index contributed by atoms with van der Waals surface area (Å²) in [6.45, 7) is 1.69. The molecule has 2 rings (SSSR count). The van der Waals surface area contributed by atoms with E-state index in [2.05, 4.69) is 5.32 Å². The van der Waals surface area contributed by atoms with Crippen LogP contribution >= 0.6 is 0 Å². The maximum absolute atomic E-state index is 13.7. The molecular weight excluding hydrogens is 301 g/mol. The van der Waals surface area contributed by atoms with Crippen LogP contribution in [0.1, 0.15) is 25.5 Å². The first-order valence-corrected chi connectivity index (χ1v) is 7.37. The van der Waals surface area contributed by atoms with Gasteiger partial charge in [-0.2, -0.15) is 0 Å². The minimum absolute atomic E-state index is 0.105. The number of carbonyl (C=O) groups is 2. The lowest BCUT2D eigenvalue weighted by Crippen LogP contribution is -2.40. The summed E-state index contributed by atoms with van der Waals surface area (Å²) < 4.78 is 19.2. The first-order chi connectivity index (χ1) is 11.0. The van der Waals surface area contributed by atoms with E-state index in [1.807, 2.05) is 0 Å². The normalized spacial score (nSPS) is 11.9. The number of rotatable bonds is 7. The predicted octanol–water partition coefficient (Wildman–Crippen LogP) is 3.00. The van der Waals surface area contributed by atoms with E-state index in [4.69, 9.17) is 9.52 Å². The van der Waals surface area contributed by atoms with Crippen molar-refractivity contribution in [3.05, 3.63) is 48.0 Å². The van der Waals surface area contributed by atoms with Gasteiger partial charge in [-0.15, -0.1) is 0 Å². The number of nitrogens with one attached hydrogen (secondary N) is 1. The second-order valence-electron chi connectivity index (χ2n) is 5.11. The Morgan fingerprint density at radius 2 is 2.00 bits per heavy atom. The molecule has 0 aliphatic heterocycles. The van der Waals surface area contributed by atoms with Gasteiger partial charge in [0.2, 0.25) is 5.91 Å². The third kappa shape index (κ3) is 4.42. The number of aryl methyl sites for hydroxylation is 1. The van der Waals surface area contributed by atoms with Crippen LogP contribution in [0.4, 0.5) is 4.39 Å². The van der Waals surface area contributed by atoms with Gasteiger partial charge < -0.3 is 14.8 Å². The van der Waals surface area contributed by atoms with Gasteiger partial charge >= 0.3 is 5.97 Å². The van der Waals surface area contributed by atoms with Crippen molar-refractivity contribution in [1.29, 1.82) is 0 Å². The first-order valence-electron chi connectivity index (χ1n) is 7.37. The minimum atomic E-state index is -1.05. The second-order valence-corrected chi connectivity index (χ2v) is 5.11. The standard InChI is InChI=1S/C17H18FNO4/c1-2-14(17(21)22)19-16(20)10-8-11-7-9-15(23-11)12-5-3-4-6-13(12)18/h3-7,9,14H,2,8,10H2,1H3,(H,19,20)(H,21,22). The number of halogens is 1. The zero-order valence-corrected chi connectivity index (χ0v) is 12.7. The van der Waals surface area contributed by atoms with Crippen molar-refractivity contribution in [2.24, 2.45) is 0 Å². The molecule has 0 fully saturated rings. The molecule has 1 heterocycles. The van der Waals surface area contributed by atoms with Crippen molar-refractivity contribution in [2.75, 3.05) is 0 Å². The lowest BCUT2D eigenvalue weighted by atomic mass is 10.1. The van der Waals surface area contributed by atoms with Gasteiger partial charge in [-0.1, -0.05) is 19.1 Å². The SMILES string of the molecule is CCC(NC(=O)CCc1ccc(-c2ccccc2F)o1)C(=O)O. The number of aliphatic carboxylic acids is 1. The third-order valence-corrected chi connectivity index (χ3v) is 3.44. The molecule has 0 radical (unpaired) electrons. The molecule has 0 spiro atoms. The molecule has 1 amide bonds. The summed E-state index contributed by atoms with van der Waals surface area (Å²) in [5, 5.41) is 11.3. The van der Waals surface area contributed by atoms with Gasteiger partial charge in [-0.3, -0.25) is 4.79 Å². The van der Waals surface area contributed by atoms with Crippen LogP contribution in [-0.4, -0.2) is 23.0 Å². The number of hydrogen-bond acceptors (Lipinski definition) is 3. The molecular formula is C17H18FNO4. The van der Waals surface area contributed by atoms with Crippen molar-refractivity contribution < 1.29 is 23.5 Å². The van der Waals surface area contributed by atoms with E-state index >= 15 is 0 Å². The Morgan fingerprint density at radius 3 is 2.65 bits per heavy atom. The molecule has 1 unspecified atom stereocenters. The van der Waals surface area contributed by atoms with E-state index in [1.165, 1.54) is 6.07 Å². The fourth-order valence-corrected chi connectivity index (χ4v) is 2.16. The van der Waals surface area contributed by atoms with Gasteiger partial charge in [0.15, 0.2) is 0 Å². The van der Waals surface area contributed by atoms with E-state index in [1.54, 1.807) is 37.3 Å². The van der Waals surface area contributed by atoms with Crippen molar-refractivity contribution in [3.63, 3.8) is 0 Å². The lowest BCUT2D eigenvalue weighted by molar-refractivity contribution is -0.141. The first kappa shape index (κ1) is 16.7. The highest BCUT2D eigenvalue weighted by Crippen LogP contribution is 2.25. The van der Waals surface area contributed by atoms with Crippen molar-refractivity contribution in [1.82, 2.24) is 5.32 Å². The average Bonchev–Trinajstić information content (AvgIpc) is 2.99. The molecule has 23 heavy (non-hydrogen) atoms. The molecule has 1 atom stereocenters. The summed E-state index contributed by atoms with van der Waals surface area (Å²) >= 11 is 0. The molecule has 6 heteroatoms. The van der Waals surface area contributed by atoms with Gasteiger partial charge in [0, 0.05) is 12.8 Å². The molecule has 122 valence electrons. The fraction of sp³-hybridized carbons (Fsp3) is 0.294. The molecule has 0 saturated carbocycles. The van der Waals surface area contributed by atoms with Crippen LogP contribution in [0.5, 0.6) is 0 Å². The molecule has 0 bridgehead atoms. The molecule has 0 aliphatic carbocycles. The van der Waals surface area contributed by atoms with Crippen LogP contribution in [0.25, 0.3) is 11.3 Å². The highest BCUT2D eigenvalue weighted by molar-refractivity contribution is 5.83. The monoisotopic (exact) mass is 319 g/mol. The van der Waals surface area contributed by atoms with E-state index in [-0.39, 0.29) is 18.1 Å². The maximum Gasteiger partial charge on any atom is 0.326 e. The quantitative estimate of drug-likeness (QED) is 0.822. The fourth-order valence-electron chi connectivity index (χ4n) is 2.16. The number of carboxylic acid groups (broad SMARTS) is 1. The molecule has 5 nitrogen and oxygen atoms in total. The van der Waals surface area contributed by atoms with Crippen molar-refractivity contribution in [2.45, 2.75) is 32.2 Å². The third-order valence-electron chi connectivity index (χ3n) is 3.44. The molecule has 2 aromatic rings. The number of benzene rings is 1. The van der Waals surface area contributed by atoms with Gasteiger partial charge in [0.1, 0.15) is 23.4 Å². The molecule has 0 aliphatic rings. The number of carbonyl (C=O) groups excluding carboxylic acids is 1. The molecule has 1 aromatic heterocycles. The zero-order chi connectivity index (χ0) is 16.8. The Morgan fingerprint density at radius 1 is 1.26 bits per heavy atom. The summed E-state index contributed by atoms with van der Waals surface area (Å²) in [7, 11) is 0. The summed E-state index contributed by atoms with van der Waals surface area (Å²) in [6.07, 6.45) is 0.740. The predicted molar refractivity (Wildman–Crippen MR) is 82.3 cm³/mol. The molecule has 2 N–H and O–H groups in total. The highest BCUT2D eigenvalue weighted by Gasteiger charge is 2.17. The smallest absolute Gasteiger partial charge is 0.326 e. The van der Waals surface area contributed by atoms with Gasteiger partial charge in [0.05, 0.1) is 5.56 Å². The van der Waals surface area contributed by atoms with E-state index in [0.29, 0.717) is 29.9 Å². The lowest BCUT2D eigenvalue weighted by Gasteiger charge is -2.11. The van der Waals surface area contributed by atoms with Crippen LogP contribution in [0.2, 0.25) is 0 Å². The van der Waals surface area contributed by atoms with Crippen LogP contribution in [-0.2, 0) is 16.0 Å². The van der Waals surface area contributed by atoms with Gasteiger partial charge in [-0.05, 0) is 30.7 Å². The summed E-state index contributed by atoms with van der Waals surface area (Å²) in [6, 6.07) is 8.73. The van der Waals surface area contributed by atoms with Gasteiger partial charge in [0.25, 0.3) is 0 Å². The number of furan rings is 1. The minimum Gasteiger partial charge on any atom is -0.480 e. The Kier molecular flexibility index (Phi) is 5.51. The Balaban J connectivity index is 1.94. The number of hydrogen-bond donors (Lipinski definition) is 2. The second kappa shape index (κ2) is 7.58. The largest absolute Gasteiger partial charge is 0.480 e. The van der Waals surface area contributed by atoms with Crippen LogP contribution in [0.3, 0.4) is 0 Å². The van der Waals surface area contributed by atoms with Crippen LogP contribution in [0, 0.1) is 5.82 Å². The Bertz CT molecular complexity index is 695. The summed E-state index contributed by atoms with van der Waals surface area (Å²) in [5.74, 6) is -0.848. The molecule has 0 saturated heterocycles. The Labute approximate surface area is 133 Å². The maximum atomic E-state index is 13.7. The van der Waals surface area contributed by atoms with Crippen molar-refractivity contribution in [3.8, 4) is 11.3 Å². The van der Waals surface area contributed by atoms with E-state index in [0.717, 1.165) is 0 Å². The van der Waals surface area contributed by atoms with Crippen LogP contribution < -0.4 is 5.32 Å². The number of amides is 1. The topological polar surface area (TPSA) is 79.5 Å². The van der Waals surface area contributed by atoms with Gasteiger partial charge in [-0.25, -0.2) is 9.18 Å². The number of carboxylic acids is 1. The van der Waals surface area contributed by atoms with Crippen LogP contribution in [0.15, 0.2) is 40.8 Å².